The van der Waals surface area contributed by atoms with E-state index in [1.807, 2.05) is 30.3 Å². The van der Waals surface area contributed by atoms with E-state index < -0.39 is 65.6 Å². The summed E-state index contributed by atoms with van der Waals surface area (Å²) >= 11 is 0. The van der Waals surface area contributed by atoms with E-state index in [9.17, 15) is 43.8 Å². The normalized spacial score (nSPS) is 15.9. The number of nitrogens with zero attached hydrogens (tertiary/aromatic N) is 2. The molecule has 0 bridgehead atoms. The number of amides is 5. The number of hydrogen-bond donors (Lipinski definition) is 9. The van der Waals surface area contributed by atoms with Gasteiger partial charge in [0.2, 0.25) is 30.0 Å². The summed E-state index contributed by atoms with van der Waals surface area (Å²) < 4.78 is 0. The van der Waals surface area contributed by atoms with Gasteiger partial charge >= 0.3 is 5.97 Å². The number of nitrogens with one attached hydrogen (secondary N) is 4. The van der Waals surface area contributed by atoms with Gasteiger partial charge in [0, 0.05) is 25.7 Å². The second-order valence-corrected chi connectivity index (χ2v) is 12.6. The number of ketones is 1. The Hall–Kier alpha value is -6.30. The fourth-order valence-electron chi connectivity index (χ4n) is 5.76. The standard InChI is InChI=1S/C36H47N9O9/c37-26(19-22-6-2-1-3-7-22)32(50)43-24(18-23-10-13-25(47)14-11-23)12-15-30(48)41-20-28(42-21-46)34(52)45-17-5-9-29(45)33(51)44-27(31(49)35(53)54)8-4-16-40-36(38)39/h1-3,6-7,10-15,21,24,26-29,47H,4-5,8-9,16-20,37H2,(H,41,48)(H,42,46)(H,43,50)(H,44,51)(H,53,54)(H4,38,39,40)/b15-12-/t24-,26-,27+,28+,29+/m1/s1. The number of carboxylic acids is 1. The van der Waals surface area contributed by atoms with Crippen molar-refractivity contribution in [1.29, 1.82) is 0 Å². The lowest BCUT2D eigenvalue weighted by atomic mass is 10.0. The molecule has 0 aliphatic carbocycles. The summed E-state index contributed by atoms with van der Waals surface area (Å²) in [6.45, 7) is -0.158. The minimum absolute atomic E-state index is 0.0570. The van der Waals surface area contributed by atoms with Gasteiger partial charge in [-0.3, -0.25) is 33.8 Å². The highest BCUT2D eigenvalue weighted by atomic mass is 16.4. The Balaban J connectivity index is 1.66. The Kier molecular flexibility index (Phi) is 16.6. The molecule has 2 aromatic rings. The first-order valence-corrected chi connectivity index (χ1v) is 17.3. The molecule has 1 aliphatic heterocycles. The molecule has 18 nitrogen and oxygen atoms in total. The quantitative estimate of drug-likeness (QED) is 0.0167. The molecule has 0 spiro atoms. The fourth-order valence-corrected chi connectivity index (χ4v) is 5.76. The molecule has 5 atom stereocenters. The van der Waals surface area contributed by atoms with Crippen LogP contribution in [0.3, 0.4) is 0 Å². The van der Waals surface area contributed by atoms with Crippen LogP contribution in [0.4, 0.5) is 0 Å². The molecule has 0 aromatic heterocycles. The van der Waals surface area contributed by atoms with E-state index in [0.717, 1.165) is 17.2 Å². The molecule has 5 amide bonds. The predicted molar refractivity (Wildman–Crippen MR) is 196 cm³/mol. The number of aliphatic carboxylic acids is 1. The third-order valence-electron chi connectivity index (χ3n) is 8.51. The van der Waals surface area contributed by atoms with E-state index in [1.54, 1.807) is 12.1 Å². The summed E-state index contributed by atoms with van der Waals surface area (Å²) in [6, 6.07) is 10.2. The molecular weight excluding hydrogens is 702 g/mol. The van der Waals surface area contributed by atoms with Gasteiger partial charge in [0.15, 0.2) is 5.96 Å². The van der Waals surface area contributed by atoms with Crippen LogP contribution in [-0.2, 0) is 46.4 Å². The van der Waals surface area contributed by atoms with Gasteiger partial charge in [-0.2, -0.15) is 0 Å². The van der Waals surface area contributed by atoms with Gasteiger partial charge in [-0.25, -0.2) is 4.79 Å². The zero-order valence-corrected chi connectivity index (χ0v) is 29.6. The number of likely N-dealkylation sites (tertiary alicyclic amines) is 1. The summed E-state index contributed by atoms with van der Waals surface area (Å²) in [5, 5.41) is 29.1. The average Bonchev–Trinajstić information content (AvgIpc) is 3.64. The highest BCUT2D eigenvalue weighted by Crippen LogP contribution is 2.19. The summed E-state index contributed by atoms with van der Waals surface area (Å²) in [5.74, 6) is -5.70. The Bertz CT molecular complexity index is 1680. The highest BCUT2D eigenvalue weighted by molar-refractivity contribution is 6.35. The number of phenols is 1. The van der Waals surface area contributed by atoms with Crippen molar-refractivity contribution in [3.8, 4) is 5.75 Å². The number of rotatable bonds is 21. The number of carbonyl (C=O) groups is 7. The Morgan fingerprint density at radius 2 is 1.63 bits per heavy atom. The van der Waals surface area contributed by atoms with Crippen LogP contribution in [0.25, 0.3) is 0 Å². The van der Waals surface area contributed by atoms with Crippen molar-refractivity contribution in [3.63, 3.8) is 0 Å². The van der Waals surface area contributed by atoms with Gasteiger partial charge in [0.25, 0.3) is 5.78 Å². The SMILES string of the molecule is NC(N)=NCCC[C@H](NC(=O)[C@@H]1CCCN1C(=O)[C@H](CNC(=O)/C=C\[C@H](Cc1ccc(O)cc1)NC(=O)[C@H](N)Cc1ccccc1)NC=O)C(=O)C(=O)O. The molecule has 12 N–H and O–H groups in total. The number of nitrogens with two attached hydrogens (primary N) is 3. The number of phenolic OH excluding ortho intramolecular Hbond substituents is 1. The van der Waals surface area contributed by atoms with Crippen LogP contribution in [-0.4, -0.2) is 113 Å². The smallest absolute Gasteiger partial charge is 0.374 e. The van der Waals surface area contributed by atoms with Gasteiger partial charge < -0.3 is 53.6 Å². The number of guanidine groups is 1. The maximum absolute atomic E-state index is 13.6. The zero-order valence-electron chi connectivity index (χ0n) is 29.6. The number of hydrogen-bond acceptors (Lipinski definition) is 10. The number of aromatic hydroxyl groups is 1. The molecule has 0 radical (unpaired) electrons. The lowest BCUT2D eigenvalue weighted by Crippen LogP contribution is -2.57. The topological polar surface area (TPSA) is 302 Å². The minimum Gasteiger partial charge on any atom is -0.508 e. The first-order valence-electron chi connectivity index (χ1n) is 17.3. The largest absolute Gasteiger partial charge is 0.508 e. The molecule has 0 saturated carbocycles. The Morgan fingerprint density at radius 1 is 0.944 bits per heavy atom. The second kappa shape index (κ2) is 21.3. The van der Waals surface area contributed by atoms with Crippen LogP contribution >= 0.6 is 0 Å². The maximum Gasteiger partial charge on any atom is 0.374 e. The highest BCUT2D eigenvalue weighted by Gasteiger charge is 2.39. The van der Waals surface area contributed by atoms with Crippen LogP contribution in [0.5, 0.6) is 5.75 Å². The minimum atomic E-state index is -1.75. The van der Waals surface area contributed by atoms with Crippen molar-refractivity contribution in [2.75, 3.05) is 19.6 Å². The number of Topliss-reactive ketones (excluding diaryl/α,β-unsaturated/α-hetero) is 1. The third-order valence-corrected chi connectivity index (χ3v) is 8.51. The molecule has 0 unspecified atom stereocenters. The van der Waals surface area contributed by atoms with E-state index in [0.29, 0.717) is 6.42 Å². The maximum atomic E-state index is 13.6. The van der Waals surface area contributed by atoms with Crippen LogP contribution in [0.2, 0.25) is 0 Å². The van der Waals surface area contributed by atoms with Crippen LogP contribution < -0.4 is 38.5 Å². The molecule has 1 fully saturated rings. The fraction of sp³-hybridized carbons (Fsp3) is 0.389. The summed E-state index contributed by atoms with van der Waals surface area (Å²) in [4.78, 5) is 92.9. The monoisotopic (exact) mass is 749 g/mol. The molecule has 18 heteroatoms. The van der Waals surface area contributed by atoms with Crippen molar-refractivity contribution >= 4 is 47.8 Å². The molecule has 290 valence electrons. The Labute approximate surface area is 311 Å². The Morgan fingerprint density at radius 3 is 2.28 bits per heavy atom. The van der Waals surface area contributed by atoms with Crippen molar-refractivity contribution in [2.24, 2.45) is 22.2 Å². The van der Waals surface area contributed by atoms with Gasteiger partial charge in [-0.1, -0.05) is 48.5 Å². The van der Waals surface area contributed by atoms with Gasteiger partial charge in [0.1, 0.15) is 17.8 Å². The van der Waals surface area contributed by atoms with Gasteiger partial charge in [-0.05, 0) is 61.8 Å². The lowest BCUT2D eigenvalue weighted by Gasteiger charge is -2.29. The molecular formula is C36H47N9O9. The van der Waals surface area contributed by atoms with Gasteiger partial charge in [0.05, 0.1) is 18.1 Å². The van der Waals surface area contributed by atoms with E-state index in [2.05, 4.69) is 26.3 Å². The van der Waals surface area contributed by atoms with E-state index in [-0.39, 0.29) is 69.9 Å². The lowest BCUT2D eigenvalue weighted by molar-refractivity contribution is -0.151. The van der Waals surface area contributed by atoms with Crippen molar-refractivity contribution in [2.45, 2.75) is 68.7 Å². The average molecular weight is 750 g/mol. The second-order valence-electron chi connectivity index (χ2n) is 12.6. The molecule has 1 heterocycles. The van der Waals surface area contributed by atoms with E-state index in [1.165, 1.54) is 23.1 Å². The van der Waals surface area contributed by atoms with Crippen LogP contribution in [0.15, 0.2) is 71.7 Å². The van der Waals surface area contributed by atoms with Crippen LogP contribution in [0, 0.1) is 0 Å². The molecule has 1 aliphatic rings. The zero-order chi connectivity index (χ0) is 39.6. The van der Waals surface area contributed by atoms with Crippen molar-refractivity contribution in [1.82, 2.24) is 26.2 Å². The summed E-state index contributed by atoms with van der Waals surface area (Å²) in [7, 11) is 0. The third kappa shape index (κ3) is 13.7. The molecule has 1 saturated heterocycles. The number of aliphatic imine (C=N–C) groups is 1. The van der Waals surface area contributed by atoms with Crippen molar-refractivity contribution in [3.05, 3.63) is 77.9 Å². The molecule has 2 aromatic carbocycles. The first kappa shape index (κ1) is 42.1. The van der Waals surface area contributed by atoms with Crippen LogP contribution in [0.1, 0.15) is 36.8 Å². The van der Waals surface area contributed by atoms with E-state index >= 15 is 0 Å². The number of carbonyl (C=O) groups excluding carboxylic acids is 6. The summed E-state index contributed by atoms with van der Waals surface area (Å²) in [5.41, 5.74) is 18.4. The van der Waals surface area contributed by atoms with Crippen molar-refractivity contribution < 1.29 is 43.8 Å². The number of benzene rings is 2. The molecule has 3 rings (SSSR count). The molecule has 54 heavy (non-hydrogen) atoms. The summed E-state index contributed by atoms with van der Waals surface area (Å²) in [6.07, 6.45) is 4.11. The first-order chi connectivity index (χ1) is 25.8. The number of carboxylic acid groups (broad SMARTS) is 1. The van der Waals surface area contributed by atoms with E-state index in [4.69, 9.17) is 17.2 Å². The predicted octanol–water partition coefficient (Wildman–Crippen LogP) is -2.04. The van der Waals surface area contributed by atoms with Gasteiger partial charge in [-0.15, -0.1) is 0 Å².